The van der Waals surface area contributed by atoms with Crippen LogP contribution in [0.4, 0.5) is 0 Å². The van der Waals surface area contributed by atoms with Crippen LogP contribution in [0, 0.1) is 11.8 Å². The van der Waals surface area contributed by atoms with Crippen molar-refractivity contribution >= 4 is 19.5 Å². The Hall–Kier alpha value is -0.220. The van der Waals surface area contributed by atoms with Crippen LogP contribution in [0.2, 0.25) is 0 Å². The number of esters is 1. The molecule has 0 aromatic rings. The van der Waals surface area contributed by atoms with Gasteiger partial charge in [-0.05, 0) is 12.3 Å². The molecule has 4 heteroatoms. The lowest BCUT2D eigenvalue weighted by molar-refractivity contribution is -0.156. The van der Waals surface area contributed by atoms with Crippen molar-refractivity contribution in [2.24, 2.45) is 11.8 Å². The number of ether oxygens (including phenoxy) is 1. The van der Waals surface area contributed by atoms with Gasteiger partial charge in [0.05, 0.1) is 5.92 Å². The largest absolute Gasteiger partial charge is 0.438 e. The molecule has 0 fully saturated rings. The van der Waals surface area contributed by atoms with Gasteiger partial charge < -0.3 is 9.84 Å². The van der Waals surface area contributed by atoms with Crippen molar-refractivity contribution < 1.29 is 14.6 Å². The highest BCUT2D eigenvalue weighted by Gasteiger charge is 2.14. The third kappa shape index (κ3) is 9.70. The lowest BCUT2D eigenvalue weighted by Gasteiger charge is -2.11. The zero-order chi connectivity index (χ0) is 8.85. The van der Waals surface area contributed by atoms with Crippen molar-refractivity contribution in [1.82, 2.24) is 0 Å². The van der Waals surface area contributed by atoms with E-state index in [0.29, 0.717) is 5.92 Å². The third-order valence-electron chi connectivity index (χ3n) is 1.43. The third-order valence-corrected chi connectivity index (χ3v) is 1.43. The molecule has 3 nitrogen and oxygen atoms in total. The quantitative estimate of drug-likeness (QED) is 0.569. The Kier molecular flexibility index (Phi) is 14.1. The van der Waals surface area contributed by atoms with Gasteiger partial charge in [0.25, 0.3) is 0 Å². The van der Waals surface area contributed by atoms with Gasteiger partial charge in [-0.1, -0.05) is 28.2 Å². The average Bonchev–Trinajstić information content (AvgIpc) is 1.86. The van der Waals surface area contributed by atoms with E-state index in [1.807, 2.05) is 13.8 Å². The van der Waals surface area contributed by atoms with Gasteiger partial charge >= 0.3 is 5.97 Å². The number of rotatable bonds is 4. The van der Waals surface area contributed by atoms with E-state index in [9.17, 15) is 4.79 Å². The van der Waals surface area contributed by atoms with E-state index in [1.54, 1.807) is 6.92 Å². The standard InChI is InChI=1S/C8H16O3.CH4.H2S/c1-6(2)4-7(3)8(10)11-5-9;;/h6-7,9H,4-5H2,1-3H3;1H4;1H2. The molecule has 1 unspecified atom stereocenters. The zero-order valence-corrected chi connectivity index (χ0v) is 8.83. The molecule has 0 aliphatic carbocycles. The molecule has 0 saturated carbocycles. The second kappa shape index (κ2) is 9.86. The van der Waals surface area contributed by atoms with E-state index in [2.05, 4.69) is 4.74 Å². The van der Waals surface area contributed by atoms with Gasteiger partial charge in [-0.3, -0.25) is 4.79 Å². The molecule has 0 aromatic carbocycles. The van der Waals surface area contributed by atoms with Gasteiger partial charge in [-0.2, -0.15) is 13.5 Å². The maximum absolute atomic E-state index is 10.9. The Morgan fingerprint density at radius 2 is 1.85 bits per heavy atom. The minimum Gasteiger partial charge on any atom is -0.438 e. The van der Waals surface area contributed by atoms with E-state index in [-0.39, 0.29) is 32.8 Å². The van der Waals surface area contributed by atoms with Crippen molar-refractivity contribution in [1.29, 1.82) is 0 Å². The van der Waals surface area contributed by atoms with Crippen molar-refractivity contribution in [2.45, 2.75) is 34.6 Å². The summed E-state index contributed by atoms with van der Waals surface area (Å²) < 4.78 is 4.42. The maximum Gasteiger partial charge on any atom is 0.310 e. The van der Waals surface area contributed by atoms with Crippen LogP contribution in [0.15, 0.2) is 0 Å². The minimum atomic E-state index is -0.513. The molecule has 13 heavy (non-hydrogen) atoms. The van der Waals surface area contributed by atoms with E-state index >= 15 is 0 Å². The van der Waals surface area contributed by atoms with Crippen LogP contribution in [0.3, 0.4) is 0 Å². The van der Waals surface area contributed by atoms with E-state index in [4.69, 9.17) is 5.11 Å². The highest BCUT2D eigenvalue weighted by atomic mass is 32.1. The lowest BCUT2D eigenvalue weighted by Crippen LogP contribution is -2.16. The normalized spacial score (nSPS) is 11.2. The zero-order valence-electron chi connectivity index (χ0n) is 7.83. The predicted molar refractivity (Wildman–Crippen MR) is 58.9 cm³/mol. The second-order valence-electron chi connectivity index (χ2n) is 3.12. The molecule has 0 amide bonds. The Labute approximate surface area is 87.9 Å². The molecular weight excluding hydrogens is 188 g/mol. The summed E-state index contributed by atoms with van der Waals surface area (Å²) in [6.45, 7) is 5.38. The molecule has 0 aromatic heterocycles. The van der Waals surface area contributed by atoms with Gasteiger partial charge in [0.15, 0.2) is 6.79 Å². The summed E-state index contributed by atoms with van der Waals surface area (Å²) in [7, 11) is 0. The molecule has 82 valence electrons. The van der Waals surface area contributed by atoms with E-state index < -0.39 is 6.79 Å². The van der Waals surface area contributed by atoms with Crippen LogP contribution < -0.4 is 0 Å². The molecule has 0 heterocycles. The molecule has 0 bridgehead atoms. The first-order valence-electron chi connectivity index (χ1n) is 3.85. The first-order valence-corrected chi connectivity index (χ1v) is 3.85. The fraction of sp³-hybridized carbons (Fsp3) is 0.889. The van der Waals surface area contributed by atoms with Gasteiger partial charge in [0, 0.05) is 0 Å². The fourth-order valence-electron chi connectivity index (χ4n) is 1.01. The number of hydrogen-bond acceptors (Lipinski definition) is 3. The second-order valence-corrected chi connectivity index (χ2v) is 3.12. The van der Waals surface area contributed by atoms with Crippen molar-refractivity contribution in [3.05, 3.63) is 0 Å². The summed E-state index contributed by atoms with van der Waals surface area (Å²) in [6, 6.07) is 0. The molecule has 0 saturated heterocycles. The number of aliphatic hydroxyl groups is 1. The Bertz CT molecular complexity index is 126. The molecule has 1 atom stereocenters. The van der Waals surface area contributed by atoms with Crippen molar-refractivity contribution in [3.8, 4) is 0 Å². The Morgan fingerprint density at radius 3 is 2.15 bits per heavy atom. The topological polar surface area (TPSA) is 46.5 Å². The van der Waals surface area contributed by atoms with E-state index in [0.717, 1.165) is 6.42 Å². The molecule has 1 N–H and O–H groups in total. The minimum absolute atomic E-state index is 0. The Morgan fingerprint density at radius 1 is 1.38 bits per heavy atom. The van der Waals surface area contributed by atoms with Gasteiger partial charge in [-0.15, -0.1) is 0 Å². The molecule has 0 radical (unpaired) electrons. The van der Waals surface area contributed by atoms with Crippen LogP contribution in [0.25, 0.3) is 0 Å². The van der Waals surface area contributed by atoms with Crippen LogP contribution >= 0.6 is 13.5 Å². The van der Waals surface area contributed by atoms with Crippen LogP contribution in [-0.2, 0) is 9.53 Å². The van der Waals surface area contributed by atoms with Crippen molar-refractivity contribution in [3.63, 3.8) is 0 Å². The molecule has 0 aliphatic rings. The van der Waals surface area contributed by atoms with Gasteiger partial charge in [-0.25, -0.2) is 0 Å². The summed E-state index contributed by atoms with van der Waals surface area (Å²) in [5.41, 5.74) is 0. The first-order chi connectivity index (χ1) is 5.07. The lowest BCUT2D eigenvalue weighted by atomic mass is 9.99. The Balaban J connectivity index is -0.000000500. The summed E-state index contributed by atoms with van der Waals surface area (Å²) in [5, 5.41) is 8.28. The molecule has 0 spiro atoms. The van der Waals surface area contributed by atoms with E-state index in [1.165, 1.54) is 0 Å². The maximum atomic E-state index is 10.9. The number of carbonyl (C=O) groups excluding carboxylic acids is 1. The monoisotopic (exact) mass is 210 g/mol. The predicted octanol–water partition coefficient (Wildman–Crippen LogP) is 1.91. The average molecular weight is 210 g/mol. The molecular formula is C9H22O3S. The van der Waals surface area contributed by atoms with Crippen LogP contribution in [0.1, 0.15) is 34.6 Å². The summed E-state index contributed by atoms with van der Waals surface area (Å²) >= 11 is 0. The first kappa shape index (κ1) is 18.5. The number of aliphatic hydroxyl groups excluding tert-OH is 1. The summed E-state index contributed by atoms with van der Waals surface area (Å²) in [4.78, 5) is 10.9. The number of carbonyl (C=O) groups is 1. The van der Waals surface area contributed by atoms with Crippen molar-refractivity contribution in [2.75, 3.05) is 6.79 Å². The van der Waals surface area contributed by atoms with Gasteiger partial charge in [0.2, 0.25) is 0 Å². The smallest absolute Gasteiger partial charge is 0.310 e. The summed E-state index contributed by atoms with van der Waals surface area (Å²) in [5.74, 6) is 0.0552. The molecule has 0 rings (SSSR count). The fourth-order valence-corrected chi connectivity index (χ4v) is 1.01. The van der Waals surface area contributed by atoms with Crippen LogP contribution in [0.5, 0.6) is 0 Å². The van der Waals surface area contributed by atoms with Crippen LogP contribution in [-0.4, -0.2) is 17.9 Å². The SMILES string of the molecule is C.CC(C)CC(C)C(=O)OCO.S. The number of hydrogen-bond donors (Lipinski definition) is 1. The summed E-state index contributed by atoms with van der Waals surface area (Å²) in [6.07, 6.45) is 0.804. The highest BCUT2D eigenvalue weighted by Crippen LogP contribution is 2.11. The highest BCUT2D eigenvalue weighted by molar-refractivity contribution is 7.59. The van der Waals surface area contributed by atoms with Gasteiger partial charge in [0.1, 0.15) is 0 Å². The molecule has 0 aliphatic heterocycles.